The fraction of sp³-hybridized carbons (Fsp3) is 0.333. The van der Waals surface area contributed by atoms with E-state index in [-0.39, 0.29) is 17.0 Å². The molecule has 0 saturated carbocycles. The molecule has 4 heterocycles. The van der Waals surface area contributed by atoms with Gasteiger partial charge in [-0.2, -0.15) is 4.98 Å². The number of halogens is 5. The monoisotopic (exact) mass is 576 g/mol. The zero-order valence-corrected chi connectivity index (χ0v) is 23.0. The molecular weight excluding hydrogens is 552 g/mol. The molecule has 0 radical (unpaired) electrons. The Kier molecular flexibility index (Phi) is 7.19. The number of piperidine rings is 1. The number of pyridine rings is 2. The highest BCUT2D eigenvalue weighted by Gasteiger charge is 2.29. The van der Waals surface area contributed by atoms with E-state index in [4.69, 9.17) is 28.9 Å². The van der Waals surface area contributed by atoms with E-state index in [0.29, 0.717) is 35.9 Å². The molecule has 39 heavy (non-hydrogen) atoms. The van der Waals surface area contributed by atoms with Crippen LogP contribution in [0.5, 0.6) is 0 Å². The van der Waals surface area contributed by atoms with Gasteiger partial charge in [-0.15, -0.1) is 0 Å². The highest BCUT2D eigenvalue weighted by Crippen LogP contribution is 2.43. The molecule has 0 amide bonds. The molecule has 0 spiro atoms. The molecule has 5 rings (SSSR count). The zero-order chi connectivity index (χ0) is 28.2. The minimum Gasteiger partial charge on any atom is -0.395 e. The third-order valence-corrected chi connectivity index (χ3v) is 7.66. The molecule has 0 atom stereocenters. The lowest BCUT2D eigenvalue weighted by Crippen LogP contribution is -2.34. The van der Waals surface area contributed by atoms with Crippen molar-refractivity contribution in [3.63, 3.8) is 0 Å². The summed E-state index contributed by atoms with van der Waals surface area (Å²) in [6, 6.07) is 2.90. The third-order valence-electron chi connectivity index (χ3n) is 6.92. The first-order chi connectivity index (χ1) is 18.5. The van der Waals surface area contributed by atoms with Crippen molar-refractivity contribution in [3.05, 3.63) is 67.6 Å². The molecule has 12 heteroatoms. The van der Waals surface area contributed by atoms with Crippen LogP contribution < -0.4 is 16.3 Å². The standard InChI is InChI=1S/C27H25Cl2F3N6O/c1-12(2)22-24(13(3)7-8-34-22)38-26-14(25(36-27(38)39)37-9-5-4-6-10-37)11-15(30)23(35-26)16-17(28)19(31)20(32)21(33)18(16)29/h7-8,11-12H,4-6,9-10,33H2,1-3H3. The predicted molar refractivity (Wildman–Crippen MR) is 148 cm³/mol. The largest absolute Gasteiger partial charge is 0.395 e. The predicted octanol–water partition coefficient (Wildman–Crippen LogP) is 6.57. The third kappa shape index (κ3) is 4.49. The first-order valence-corrected chi connectivity index (χ1v) is 13.2. The molecule has 7 nitrogen and oxygen atoms in total. The molecule has 2 N–H and O–H groups in total. The summed E-state index contributed by atoms with van der Waals surface area (Å²) in [4.78, 5) is 29.0. The van der Waals surface area contributed by atoms with Crippen LogP contribution >= 0.6 is 23.2 Å². The summed E-state index contributed by atoms with van der Waals surface area (Å²) >= 11 is 12.4. The van der Waals surface area contributed by atoms with E-state index in [1.165, 1.54) is 4.57 Å². The zero-order valence-electron chi connectivity index (χ0n) is 21.5. The SMILES string of the molecule is Cc1ccnc(C(C)C)c1-n1c(=O)nc(N2CCCCC2)c2cc(F)c(-c3c(Cl)c(N)c(F)c(F)c3Cl)nc21. The van der Waals surface area contributed by atoms with Crippen molar-refractivity contribution in [2.45, 2.75) is 46.0 Å². The first-order valence-electron chi connectivity index (χ1n) is 12.5. The summed E-state index contributed by atoms with van der Waals surface area (Å²) in [6.45, 7) is 6.94. The molecule has 0 aliphatic carbocycles. The Balaban J connectivity index is 1.94. The van der Waals surface area contributed by atoms with Crippen molar-refractivity contribution in [2.24, 2.45) is 0 Å². The van der Waals surface area contributed by atoms with Crippen LogP contribution in [0.15, 0.2) is 23.1 Å². The number of nitrogens with zero attached hydrogens (tertiary/aromatic N) is 5. The topological polar surface area (TPSA) is 89.9 Å². The van der Waals surface area contributed by atoms with Gasteiger partial charge in [0.25, 0.3) is 0 Å². The molecule has 1 aromatic carbocycles. The van der Waals surface area contributed by atoms with Crippen LogP contribution in [0.4, 0.5) is 24.7 Å². The second kappa shape index (κ2) is 10.3. The number of anilines is 2. The smallest absolute Gasteiger partial charge is 0.355 e. The number of benzene rings is 1. The molecule has 0 unspecified atom stereocenters. The summed E-state index contributed by atoms with van der Waals surface area (Å²) < 4.78 is 45.9. The Labute approximate surface area is 232 Å². The number of rotatable bonds is 4. The van der Waals surface area contributed by atoms with E-state index < -0.39 is 50.1 Å². The summed E-state index contributed by atoms with van der Waals surface area (Å²) in [5.41, 5.74) is 5.18. The maximum atomic E-state index is 15.8. The van der Waals surface area contributed by atoms with Gasteiger partial charge < -0.3 is 10.6 Å². The van der Waals surface area contributed by atoms with E-state index in [1.54, 1.807) is 12.3 Å². The summed E-state index contributed by atoms with van der Waals surface area (Å²) in [6.07, 6.45) is 4.44. The molecular formula is C27H25Cl2F3N6O. The quantitative estimate of drug-likeness (QED) is 0.168. The number of fused-ring (bicyclic) bond motifs is 1. The Hall–Kier alpha value is -3.37. The van der Waals surface area contributed by atoms with Gasteiger partial charge in [0, 0.05) is 24.8 Å². The van der Waals surface area contributed by atoms with E-state index in [9.17, 15) is 13.6 Å². The van der Waals surface area contributed by atoms with Crippen molar-refractivity contribution in [1.29, 1.82) is 0 Å². The van der Waals surface area contributed by atoms with Crippen molar-refractivity contribution < 1.29 is 13.2 Å². The van der Waals surface area contributed by atoms with Gasteiger partial charge in [-0.25, -0.2) is 27.5 Å². The van der Waals surface area contributed by atoms with Crippen LogP contribution in [0.3, 0.4) is 0 Å². The molecule has 1 aliphatic rings. The van der Waals surface area contributed by atoms with Crippen molar-refractivity contribution in [2.75, 3.05) is 23.7 Å². The summed E-state index contributed by atoms with van der Waals surface area (Å²) in [7, 11) is 0. The van der Waals surface area contributed by atoms with Crippen molar-refractivity contribution in [3.8, 4) is 16.9 Å². The maximum Gasteiger partial charge on any atom is 0.355 e. The van der Waals surface area contributed by atoms with E-state index >= 15 is 4.39 Å². The van der Waals surface area contributed by atoms with Gasteiger partial charge in [0.05, 0.1) is 32.5 Å². The second-order valence-electron chi connectivity index (χ2n) is 9.85. The molecule has 0 bridgehead atoms. The molecule has 204 valence electrons. The van der Waals surface area contributed by atoms with Gasteiger partial charge in [0.2, 0.25) is 0 Å². The average molecular weight is 577 g/mol. The Morgan fingerprint density at radius 3 is 2.38 bits per heavy atom. The van der Waals surface area contributed by atoms with Crippen LogP contribution in [-0.2, 0) is 0 Å². The number of hydrogen-bond acceptors (Lipinski definition) is 6. The highest BCUT2D eigenvalue weighted by atomic mass is 35.5. The van der Waals surface area contributed by atoms with Crippen molar-refractivity contribution >= 4 is 45.7 Å². The van der Waals surface area contributed by atoms with Gasteiger partial charge >= 0.3 is 5.69 Å². The fourth-order valence-electron chi connectivity index (χ4n) is 4.97. The van der Waals surface area contributed by atoms with Crippen LogP contribution in [0.2, 0.25) is 10.0 Å². The molecule has 1 aliphatic heterocycles. The lowest BCUT2D eigenvalue weighted by atomic mass is 10.0. The van der Waals surface area contributed by atoms with E-state index in [0.717, 1.165) is 25.3 Å². The van der Waals surface area contributed by atoms with Gasteiger partial charge in [-0.05, 0) is 49.8 Å². The Morgan fingerprint density at radius 2 is 1.72 bits per heavy atom. The minimum absolute atomic E-state index is 0.0420. The van der Waals surface area contributed by atoms with Crippen LogP contribution in [0, 0.1) is 24.4 Å². The van der Waals surface area contributed by atoms with Crippen molar-refractivity contribution in [1.82, 2.24) is 19.5 Å². The lowest BCUT2D eigenvalue weighted by Gasteiger charge is -2.29. The molecule has 3 aromatic heterocycles. The van der Waals surface area contributed by atoms with Crippen LogP contribution in [0.1, 0.15) is 50.3 Å². The Morgan fingerprint density at radius 1 is 1.03 bits per heavy atom. The summed E-state index contributed by atoms with van der Waals surface area (Å²) in [5.74, 6) is -3.65. The molecule has 1 saturated heterocycles. The number of aryl methyl sites for hydroxylation is 1. The van der Waals surface area contributed by atoms with Gasteiger partial charge in [-0.1, -0.05) is 37.0 Å². The van der Waals surface area contributed by atoms with E-state index in [2.05, 4.69) is 15.0 Å². The normalized spacial score (nSPS) is 14.0. The molecule has 1 fully saturated rings. The second-order valence-corrected chi connectivity index (χ2v) is 10.6. The number of nitrogen functional groups attached to an aromatic ring is 1. The Bertz CT molecular complexity index is 1660. The van der Waals surface area contributed by atoms with Gasteiger partial charge in [0.1, 0.15) is 17.3 Å². The lowest BCUT2D eigenvalue weighted by molar-refractivity contribution is 0.512. The van der Waals surface area contributed by atoms with Gasteiger partial charge in [-0.3, -0.25) is 4.98 Å². The number of hydrogen-bond donors (Lipinski definition) is 1. The van der Waals surface area contributed by atoms with Crippen LogP contribution in [-0.4, -0.2) is 32.6 Å². The first kappa shape index (κ1) is 27.2. The molecule has 4 aromatic rings. The minimum atomic E-state index is -1.49. The average Bonchev–Trinajstić information content (AvgIpc) is 2.92. The van der Waals surface area contributed by atoms with Crippen LogP contribution in [0.25, 0.3) is 28.0 Å². The number of aromatic nitrogens is 4. The maximum absolute atomic E-state index is 15.8. The number of nitrogens with two attached hydrogens (primary N) is 1. The van der Waals surface area contributed by atoms with Gasteiger partial charge in [0.15, 0.2) is 17.3 Å². The summed E-state index contributed by atoms with van der Waals surface area (Å²) in [5, 5.41) is -1.01. The van der Waals surface area contributed by atoms with E-state index in [1.807, 2.05) is 25.7 Å². The highest BCUT2D eigenvalue weighted by molar-refractivity contribution is 6.41. The fourth-order valence-corrected chi connectivity index (χ4v) is 5.56.